The lowest BCUT2D eigenvalue weighted by atomic mass is 10.1. The Bertz CT molecular complexity index is 438. The van der Waals surface area contributed by atoms with Crippen molar-refractivity contribution in [3.63, 3.8) is 0 Å². The maximum absolute atomic E-state index is 9.41. The Morgan fingerprint density at radius 1 is 1.05 bits per heavy atom. The number of benzene rings is 1. The van der Waals surface area contributed by atoms with Crippen LogP contribution in [0.4, 0.5) is 0 Å². The highest BCUT2D eigenvalue weighted by molar-refractivity contribution is 5.26. The zero-order chi connectivity index (χ0) is 14.5. The van der Waals surface area contributed by atoms with Crippen LogP contribution in [0.25, 0.3) is 0 Å². The number of hydrogen-bond acceptors (Lipinski definition) is 4. The van der Waals surface area contributed by atoms with Gasteiger partial charge in [0.25, 0.3) is 0 Å². The highest BCUT2D eigenvalue weighted by Crippen LogP contribution is 2.17. The molecule has 0 saturated carbocycles. The van der Waals surface area contributed by atoms with Crippen LogP contribution in [0.15, 0.2) is 24.3 Å². The van der Waals surface area contributed by atoms with Crippen LogP contribution in [0.5, 0.6) is 0 Å². The van der Waals surface area contributed by atoms with Gasteiger partial charge < -0.3 is 14.7 Å². The first-order valence-electron chi connectivity index (χ1n) is 8.05. The molecule has 116 valence electrons. The Morgan fingerprint density at radius 2 is 1.76 bits per heavy atom. The van der Waals surface area contributed by atoms with Crippen LogP contribution >= 0.6 is 0 Å². The van der Waals surface area contributed by atoms with E-state index >= 15 is 0 Å². The van der Waals surface area contributed by atoms with Gasteiger partial charge in [-0.1, -0.05) is 24.3 Å². The molecule has 0 aliphatic carbocycles. The lowest BCUT2D eigenvalue weighted by molar-refractivity contribution is 0.106. The molecule has 0 amide bonds. The van der Waals surface area contributed by atoms with E-state index in [4.69, 9.17) is 4.74 Å². The van der Waals surface area contributed by atoms with E-state index in [0.717, 1.165) is 57.4 Å². The van der Waals surface area contributed by atoms with Crippen molar-refractivity contribution in [3.8, 4) is 0 Å². The molecule has 2 heterocycles. The lowest BCUT2D eigenvalue weighted by Crippen LogP contribution is -2.47. The van der Waals surface area contributed by atoms with Crippen molar-refractivity contribution < 1.29 is 9.84 Å². The lowest BCUT2D eigenvalue weighted by Gasteiger charge is -2.36. The van der Waals surface area contributed by atoms with Crippen molar-refractivity contribution >= 4 is 0 Å². The number of hydrogen-bond donors (Lipinski definition) is 1. The van der Waals surface area contributed by atoms with Gasteiger partial charge >= 0.3 is 0 Å². The van der Waals surface area contributed by atoms with E-state index in [2.05, 4.69) is 21.9 Å². The summed E-state index contributed by atoms with van der Waals surface area (Å²) in [5.74, 6) is 0.742. The van der Waals surface area contributed by atoms with Crippen molar-refractivity contribution in [3.05, 3.63) is 35.4 Å². The molecule has 0 spiro atoms. The van der Waals surface area contributed by atoms with Crippen LogP contribution in [0, 0.1) is 5.92 Å². The molecule has 2 aliphatic rings. The van der Waals surface area contributed by atoms with Gasteiger partial charge in [0.05, 0.1) is 13.2 Å². The molecule has 0 aromatic heterocycles. The van der Waals surface area contributed by atoms with E-state index in [-0.39, 0.29) is 6.61 Å². The zero-order valence-electron chi connectivity index (χ0n) is 12.7. The summed E-state index contributed by atoms with van der Waals surface area (Å²) in [5.41, 5.74) is 2.32. The smallest absolute Gasteiger partial charge is 0.0685 e. The van der Waals surface area contributed by atoms with Crippen LogP contribution in [0.3, 0.4) is 0 Å². The molecule has 1 aromatic rings. The molecule has 4 heteroatoms. The van der Waals surface area contributed by atoms with Gasteiger partial charge in [0.2, 0.25) is 0 Å². The molecule has 1 aromatic carbocycles. The molecule has 0 bridgehead atoms. The summed E-state index contributed by atoms with van der Waals surface area (Å²) in [4.78, 5) is 5.07. The second kappa shape index (κ2) is 7.36. The van der Waals surface area contributed by atoms with Crippen LogP contribution in [0.1, 0.15) is 17.5 Å². The number of aliphatic hydroxyl groups excluding tert-OH is 1. The van der Waals surface area contributed by atoms with E-state index in [1.54, 1.807) is 0 Å². The molecule has 2 aliphatic heterocycles. The quantitative estimate of drug-likeness (QED) is 0.887. The Morgan fingerprint density at radius 3 is 2.43 bits per heavy atom. The third-order valence-corrected chi connectivity index (χ3v) is 4.69. The van der Waals surface area contributed by atoms with Crippen LogP contribution < -0.4 is 0 Å². The predicted octanol–water partition coefficient (Wildman–Crippen LogP) is 1.33. The summed E-state index contributed by atoms with van der Waals surface area (Å²) in [7, 11) is 0. The Labute approximate surface area is 127 Å². The van der Waals surface area contributed by atoms with Crippen molar-refractivity contribution in [2.24, 2.45) is 5.92 Å². The molecule has 4 nitrogen and oxygen atoms in total. The van der Waals surface area contributed by atoms with Gasteiger partial charge in [0.15, 0.2) is 0 Å². The predicted molar refractivity (Wildman–Crippen MR) is 83.0 cm³/mol. The maximum Gasteiger partial charge on any atom is 0.0685 e. The molecule has 1 unspecified atom stereocenters. The number of nitrogens with zero attached hydrogens (tertiary/aromatic N) is 2. The molecule has 0 radical (unpaired) electrons. The van der Waals surface area contributed by atoms with Gasteiger partial charge in [-0.25, -0.2) is 0 Å². The van der Waals surface area contributed by atoms with Gasteiger partial charge in [0, 0.05) is 45.9 Å². The molecule has 3 rings (SSSR count). The number of rotatable bonds is 5. The van der Waals surface area contributed by atoms with Gasteiger partial charge in [0.1, 0.15) is 0 Å². The summed E-state index contributed by atoms with van der Waals surface area (Å²) in [6.07, 6.45) is 1.23. The van der Waals surface area contributed by atoms with Crippen molar-refractivity contribution in [1.29, 1.82) is 0 Å². The summed E-state index contributed by atoms with van der Waals surface area (Å²) >= 11 is 0. The molecule has 2 saturated heterocycles. The summed E-state index contributed by atoms with van der Waals surface area (Å²) in [6.45, 7) is 8.72. The average Bonchev–Trinajstić information content (AvgIpc) is 3.03. The van der Waals surface area contributed by atoms with Crippen molar-refractivity contribution in [2.75, 3.05) is 45.9 Å². The average molecular weight is 290 g/mol. The monoisotopic (exact) mass is 290 g/mol. The molecule has 21 heavy (non-hydrogen) atoms. The Kier molecular flexibility index (Phi) is 5.25. The van der Waals surface area contributed by atoms with E-state index in [0.29, 0.717) is 0 Å². The number of aliphatic hydroxyl groups is 1. The maximum atomic E-state index is 9.41. The van der Waals surface area contributed by atoms with Crippen LogP contribution in [-0.2, 0) is 17.9 Å². The molecule has 1 N–H and O–H groups in total. The second-order valence-corrected chi connectivity index (χ2v) is 6.23. The first-order valence-corrected chi connectivity index (χ1v) is 8.05. The summed E-state index contributed by atoms with van der Waals surface area (Å²) in [5, 5.41) is 9.41. The molecular weight excluding hydrogens is 264 g/mol. The van der Waals surface area contributed by atoms with E-state index in [1.165, 1.54) is 18.5 Å². The topological polar surface area (TPSA) is 35.9 Å². The van der Waals surface area contributed by atoms with Crippen LogP contribution in [0.2, 0.25) is 0 Å². The molecule has 1 atom stereocenters. The first-order chi connectivity index (χ1) is 10.3. The minimum absolute atomic E-state index is 0.137. The van der Waals surface area contributed by atoms with Crippen LogP contribution in [-0.4, -0.2) is 60.8 Å². The van der Waals surface area contributed by atoms with E-state index < -0.39 is 0 Å². The number of piperazine rings is 1. The van der Waals surface area contributed by atoms with Crippen molar-refractivity contribution in [2.45, 2.75) is 19.6 Å². The fourth-order valence-corrected chi connectivity index (χ4v) is 3.33. The van der Waals surface area contributed by atoms with Gasteiger partial charge in [-0.15, -0.1) is 0 Å². The largest absolute Gasteiger partial charge is 0.392 e. The summed E-state index contributed by atoms with van der Waals surface area (Å²) < 4.78 is 5.46. The minimum Gasteiger partial charge on any atom is -0.392 e. The molecule has 2 fully saturated rings. The zero-order valence-corrected chi connectivity index (χ0v) is 12.7. The minimum atomic E-state index is 0.137. The highest BCUT2D eigenvalue weighted by atomic mass is 16.5. The normalized spacial score (nSPS) is 24.5. The van der Waals surface area contributed by atoms with Gasteiger partial charge in [-0.05, 0) is 23.5 Å². The summed E-state index contributed by atoms with van der Waals surface area (Å²) in [6, 6.07) is 8.21. The Hall–Kier alpha value is -0.940. The SMILES string of the molecule is OCc1ccccc1CN1CCN(CC2CCOC2)CC1. The van der Waals surface area contributed by atoms with E-state index in [1.807, 2.05) is 12.1 Å². The third kappa shape index (κ3) is 4.04. The molecular formula is C17H26N2O2. The fourth-order valence-electron chi connectivity index (χ4n) is 3.33. The first kappa shape index (κ1) is 15.0. The van der Waals surface area contributed by atoms with Crippen molar-refractivity contribution in [1.82, 2.24) is 9.80 Å². The third-order valence-electron chi connectivity index (χ3n) is 4.69. The van der Waals surface area contributed by atoms with Gasteiger partial charge in [-0.3, -0.25) is 4.90 Å². The second-order valence-electron chi connectivity index (χ2n) is 6.23. The highest BCUT2D eigenvalue weighted by Gasteiger charge is 2.22. The fraction of sp³-hybridized carbons (Fsp3) is 0.647. The van der Waals surface area contributed by atoms with Gasteiger partial charge in [-0.2, -0.15) is 0 Å². The number of ether oxygens (including phenoxy) is 1. The standard InChI is InChI=1S/C17H26N2O2/c20-13-17-4-2-1-3-16(17)12-19-8-6-18(7-9-19)11-15-5-10-21-14-15/h1-4,15,20H,5-14H2. The Balaban J connectivity index is 1.47. The van der Waals surface area contributed by atoms with E-state index in [9.17, 15) is 5.11 Å².